The van der Waals surface area contributed by atoms with Crippen LogP contribution >= 0.6 is 12.4 Å². The molecule has 1 aliphatic rings. The molecule has 0 aromatic heterocycles. The normalized spacial score (nSPS) is 16.8. The van der Waals surface area contributed by atoms with Crippen molar-refractivity contribution in [1.82, 2.24) is 5.43 Å². The lowest BCUT2D eigenvalue weighted by Crippen LogP contribution is -2.27. The Labute approximate surface area is 101 Å². The Morgan fingerprint density at radius 1 is 1.31 bits per heavy atom. The summed E-state index contributed by atoms with van der Waals surface area (Å²) in [6.45, 7) is 0. The van der Waals surface area contributed by atoms with E-state index in [1.165, 1.54) is 11.1 Å². The summed E-state index contributed by atoms with van der Waals surface area (Å²) in [5, 5.41) is 4.25. The lowest BCUT2D eigenvalue weighted by Gasteiger charge is -2.01. The molecule has 3 N–H and O–H groups in total. The molecule has 1 aromatic carbocycles. The fraction of sp³-hybridized carbons (Fsp3) is 0.273. The highest BCUT2D eigenvalue weighted by Crippen LogP contribution is 2.21. The maximum Gasteiger partial charge on any atom is 0.209 e. The first kappa shape index (κ1) is 12.5. The highest BCUT2D eigenvalue weighted by atomic mass is 35.5. The van der Waals surface area contributed by atoms with Crippen LogP contribution in [0.3, 0.4) is 0 Å². The Bertz CT molecular complexity index is 426. The minimum absolute atomic E-state index is 0. The monoisotopic (exact) mass is 238 g/mol. The quantitative estimate of drug-likeness (QED) is 0.440. The Morgan fingerprint density at radius 2 is 2.06 bits per heavy atom. The van der Waals surface area contributed by atoms with Crippen molar-refractivity contribution >= 4 is 24.1 Å². The van der Waals surface area contributed by atoms with Crippen molar-refractivity contribution in [2.45, 2.75) is 12.8 Å². The highest BCUT2D eigenvalue weighted by Gasteiger charge is 2.16. The number of benzene rings is 1. The molecule has 0 atom stereocenters. The molecule has 0 heterocycles. The van der Waals surface area contributed by atoms with Crippen molar-refractivity contribution in [1.29, 1.82) is 0 Å². The second kappa shape index (κ2) is 5.51. The maximum absolute atomic E-state index is 5.50. The number of nitrogens with two attached hydrogens (primary N) is 1. The number of hydrogen-bond acceptors (Lipinski definition) is 2. The number of fused-ring (bicyclic) bond motifs is 1. The molecule has 0 radical (unpaired) electrons. The summed E-state index contributed by atoms with van der Waals surface area (Å²) < 4.78 is 0. The Morgan fingerprint density at radius 3 is 2.81 bits per heavy atom. The van der Waals surface area contributed by atoms with E-state index < -0.39 is 0 Å². The van der Waals surface area contributed by atoms with Gasteiger partial charge in [0.05, 0.1) is 5.71 Å². The topological polar surface area (TPSA) is 62.8 Å². The van der Waals surface area contributed by atoms with E-state index in [-0.39, 0.29) is 12.4 Å². The van der Waals surface area contributed by atoms with Crippen LogP contribution in [-0.2, 0) is 6.42 Å². The van der Waals surface area contributed by atoms with Gasteiger partial charge >= 0.3 is 0 Å². The average Bonchev–Trinajstić information content (AvgIpc) is 2.69. The molecule has 0 spiro atoms. The van der Waals surface area contributed by atoms with Crippen LogP contribution in [0, 0.1) is 0 Å². The van der Waals surface area contributed by atoms with Crippen LogP contribution in [0.5, 0.6) is 0 Å². The van der Waals surface area contributed by atoms with Gasteiger partial charge < -0.3 is 5.73 Å². The molecule has 1 aromatic rings. The molecule has 16 heavy (non-hydrogen) atoms. The van der Waals surface area contributed by atoms with Crippen LogP contribution in [0.2, 0.25) is 0 Å². The molecule has 1 aliphatic carbocycles. The molecule has 0 fully saturated rings. The smallest absolute Gasteiger partial charge is 0.209 e. The first-order valence-corrected chi connectivity index (χ1v) is 4.94. The summed E-state index contributed by atoms with van der Waals surface area (Å²) in [7, 11) is 1.63. The van der Waals surface area contributed by atoms with Crippen LogP contribution in [0.1, 0.15) is 17.5 Å². The van der Waals surface area contributed by atoms with Gasteiger partial charge in [-0.3, -0.25) is 4.99 Å². The third-order valence-electron chi connectivity index (χ3n) is 2.51. The Hall–Kier alpha value is -1.55. The summed E-state index contributed by atoms with van der Waals surface area (Å²) in [6, 6.07) is 8.30. The molecular formula is C11H15ClN4. The van der Waals surface area contributed by atoms with Gasteiger partial charge in [-0.15, -0.1) is 12.4 Å². The van der Waals surface area contributed by atoms with Crippen LogP contribution in [-0.4, -0.2) is 18.7 Å². The number of aryl methyl sites for hydroxylation is 1. The van der Waals surface area contributed by atoms with Gasteiger partial charge in [0, 0.05) is 12.6 Å². The van der Waals surface area contributed by atoms with E-state index >= 15 is 0 Å². The van der Waals surface area contributed by atoms with Gasteiger partial charge in [0.2, 0.25) is 5.96 Å². The van der Waals surface area contributed by atoms with E-state index in [0.717, 1.165) is 18.6 Å². The first-order valence-electron chi connectivity index (χ1n) is 4.94. The Kier molecular flexibility index (Phi) is 4.31. The fourth-order valence-electron chi connectivity index (χ4n) is 1.70. The Balaban J connectivity index is 0.00000128. The number of nitrogens with one attached hydrogen (secondary N) is 1. The number of nitrogens with zero attached hydrogens (tertiary/aromatic N) is 2. The van der Waals surface area contributed by atoms with E-state index in [1.54, 1.807) is 7.05 Å². The molecule has 5 heteroatoms. The molecule has 0 aliphatic heterocycles. The zero-order valence-electron chi connectivity index (χ0n) is 9.10. The van der Waals surface area contributed by atoms with Gasteiger partial charge in [0.1, 0.15) is 0 Å². The summed E-state index contributed by atoms with van der Waals surface area (Å²) in [6.07, 6.45) is 2.02. The second-order valence-corrected chi connectivity index (χ2v) is 3.44. The van der Waals surface area contributed by atoms with Gasteiger partial charge in [-0.1, -0.05) is 24.3 Å². The van der Waals surface area contributed by atoms with E-state index in [2.05, 4.69) is 33.7 Å². The van der Waals surface area contributed by atoms with E-state index in [4.69, 9.17) is 5.73 Å². The predicted octanol–water partition coefficient (Wildman–Crippen LogP) is 1.29. The van der Waals surface area contributed by atoms with Gasteiger partial charge in [-0.2, -0.15) is 5.10 Å². The molecule has 2 rings (SSSR count). The molecule has 0 saturated carbocycles. The number of hydrazone groups is 1. The number of rotatable bonds is 1. The largest absolute Gasteiger partial charge is 0.369 e. The number of hydrogen-bond donors (Lipinski definition) is 2. The van der Waals surface area contributed by atoms with Crippen LogP contribution in [0.25, 0.3) is 0 Å². The van der Waals surface area contributed by atoms with Gasteiger partial charge in [-0.05, 0) is 18.4 Å². The third-order valence-corrected chi connectivity index (χ3v) is 2.51. The molecule has 0 saturated heterocycles. The number of halogens is 1. The minimum atomic E-state index is 0. The minimum Gasteiger partial charge on any atom is -0.369 e. The lowest BCUT2D eigenvalue weighted by molar-refractivity contribution is 0.981. The van der Waals surface area contributed by atoms with Crippen LogP contribution in [0.4, 0.5) is 0 Å². The molecule has 0 bridgehead atoms. The molecule has 4 nitrogen and oxygen atoms in total. The van der Waals surface area contributed by atoms with E-state index in [9.17, 15) is 0 Å². The van der Waals surface area contributed by atoms with Crippen molar-refractivity contribution < 1.29 is 0 Å². The van der Waals surface area contributed by atoms with Crippen molar-refractivity contribution in [3.8, 4) is 0 Å². The van der Waals surface area contributed by atoms with Crippen molar-refractivity contribution in [3.63, 3.8) is 0 Å². The van der Waals surface area contributed by atoms with E-state index in [1.807, 2.05) is 6.07 Å². The highest BCUT2D eigenvalue weighted by molar-refractivity contribution is 6.04. The number of guanidine groups is 1. The third kappa shape index (κ3) is 2.52. The van der Waals surface area contributed by atoms with Crippen molar-refractivity contribution in [2.24, 2.45) is 15.8 Å². The van der Waals surface area contributed by atoms with Gasteiger partial charge in [0.15, 0.2) is 0 Å². The molecular weight excluding hydrogens is 224 g/mol. The van der Waals surface area contributed by atoms with Crippen molar-refractivity contribution in [3.05, 3.63) is 35.4 Å². The summed E-state index contributed by atoms with van der Waals surface area (Å²) in [5.74, 6) is 0.340. The fourth-order valence-corrected chi connectivity index (χ4v) is 1.70. The summed E-state index contributed by atoms with van der Waals surface area (Å²) in [4.78, 5) is 3.78. The van der Waals surface area contributed by atoms with E-state index in [0.29, 0.717) is 5.96 Å². The zero-order valence-corrected chi connectivity index (χ0v) is 9.92. The molecule has 0 unspecified atom stereocenters. The summed E-state index contributed by atoms with van der Waals surface area (Å²) >= 11 is 0. The average molecular weight is 239 g/mol. The van der Waals surface area contributed by atoms with Crippen molar-refractivity contribution in [2.75, 3.05) is 7.05 Å². The van der Waals surface area contributed by atoms with Gasteiger partial charge in [-0.25, -0.2) is 5.43 Å². The second-order valence-electron chi connectivity index (χ2n) is 3.44. The SMILES string of the molecule is CN=C(N)NN=C1CCc2ccccc21.Cl. The van der Waals surface area contributed by atoms with Crippen LogP contribution < -0.4 is 11.2 Å². The van der Waals surface area contributed by atoms with Crippen LogP contribution in [0.15, 0.2) is 34.4 Å². The lowest BCUT2D eigenvalue weighted by atomic mass is 10.1. The first-order chi connectivity index (χ1) is 7.31. The molecule has 86 valence electrons. The standard InChI is InChI=1S/C11H14N4.ClH/c1-13-11(12)15-14-10-7-6-8-4-2-3-5-9(8)10;/h2-5H,6-7H2,1H3,(H3,12,13,15);1H. The van der Waals surface area contributed by atoms with Gasteiger partial charge in [0.25, 0.3) is 0 Å². The zero-order chi connectivity index (χ0) is 10.7. The number of aliphatic imine (C=N–C) groups is 1. The predicted molar refractivity (Wildman–Crippen MR) is 69.2 cm³/mol. The maximum atomic E-state index is 5.50. The molecule has 0 amide bonds. The summed E-state index contributed by atoms with van der Waals surface area (Å²) in [5.41, 5.74) is 11.9.